The molecule has 152 valence electrons. The second-order valence-corrected chi connectivity index (χ2v) is 6.84. The van der Waals surface area contributed by atoms with E-state index in [-0.39, 0.29) is 5.75 Å². The van der Waals surface area contributed by atoms with Crippen molar-refractivity contribution < 1.29 is 22.6 Å². The van der Waals surface area contributed by atoms with Gasteiger partial charge in [-0.1, -0.05) is 28.8 Å². The summed E-state index contributed by atoms with van der Waals surface area (Å²) in [7, 11) is 0. The maximum absolute atomic E-state index is 12.1. The summed E-state index contributed by atoms with van der Waals surface area (Å²) in [5, 5.41) is 9.21. The van der Waals surface area contributed by atoms with Crippen LogP contribution in [0.2, 0.25) is 0 Å². The van der Waals surface area contributed by atoms with E-state index in [1.165, 1.54) is 25.0 Å². The zero-order valence-corrected chi connectivity index (χ0v) is 16.9. The lowest BCUT2D eigenvalue weighted by Gasteiger charge is -2.08. The van der Waals surface area contributed by atoms with Crippen molar-refractivity contribution >= 4 is 27.3 Å². The van der Waals surface area contributed by atoms with Gasteiger partial charge in [0.2, 0.25) is 0 Å². The van der Waals surface area contributed by atoms with E-state index >= 15 is 0 Å². The number of ether oxygens (including phenoxy) is 2. The minimum absolute atomic E-state index is 0.130. The van der Waals surface area contributed by atoms with E-state index in [0.717, 1.165) is 23.9 Å². The van der Waals surface area contributed by atoms with Crippen molar-refractivity contribution in [1.82, 2.24) is 0 Å². The molecule has 0 heterocycles. The third-order valence-electron chi connectivity index (χ3n) is 3.65. The summed E-state index contributed by atoms with van der Waals surface area (Å²) < 4.78 is 46.7. The van der Waals surface area contributed by atoms with Crippen LogP contribution < -0.4 is 9.47 Å². The van der Waals surface area contributed by atoms with Gasteiger partial charge >= 0.3 is 6.18 Å². The molecule has 4 nitrogen and oxygen atoms in total. The Hall–Kier alpha value is -2.09. The first-order valence-corrected chi connectivity index (χ1v) is 10.1. The highest BCUT2D eigenvalue weighted by Crippen LogP contribution is 2.24. The van der Waals surface area contributed by atoms with E-state index in [1.807, 2.05) is 12.1 Å². The molecule has 0 saturated heterocycles. The second kappa shape index (κ2) is 11.7. The van der Waals surface area contributed by atoms with Gasteiger partial charge in [-0.2, -0.15) is 23.4 Å². The molecule has 0 unspecified atom stereocenters. The van der Waals surface area contributed by atoms with Crippen LogP contribution in [-0.2, 0) is 0 Å². The van der Waals surface area contributed by atoms with E-state index in [1.54, 1.807) is 24.3 Å². The fourth-order valence-corrected chi connectivity index (χ4v) is 2.64. The summed E-state index contributed by atoms with van der Waals surface area (Å²) in [6, 6.07) is 13.2. The van der Waals surface area contributed by atoms with Crippen LogP contribution in [0.4, 0.5) is 24.5 Å². The fourth-order valence-electron chi connectivity index (χ4n) is 2.24. The third-order valence-corrected chi connectivity index (χ3v) is 4.21. The molecule has 0 radical (unpaired) electrons. The molecule has 2 aromatic rings. The van der Waals surface area contributed by atoms with E-state index in [4.69, 9.17) is 4.74 Å². The van der Waals surface area contributed by atoms with Crippen molar-refractivity contribution in [3.63, 3.8) is 0 Å². The Morgan fingerprint density at radius 3 is 1.71 bits per heavy atom. The number of azo groups is 1. The smallest absolute Gasteiger partial charge is 0.422 e. The van der Waals surface area contributed by atoms with Crippen LogP contribution in [0.15, 0.2) is 58.8 Å². The van der Waals surface area contributed by atoms with Crippen LogP contribution in [0.3, 0.4) is 0 Å². The van der Waals surface area contributed by atoms with E-state index in [2.05, 4.69) is 30.9 Å². The summed E-state index contributed by atoms with van der Waals surface area (Å²) in [6.07, 6.45) is 0.197. The largest absolute Gasteiger partial charge is 0.494 e. The highest BCUT2D eigenvalue weighted by Gasteiger charge is 2.28. The normalized spacial score (nSPS) is 11.7. The van der Waals surface area contributed by atoms with Gasteiger partial charge in [-0.3, -0.25) is 0 Å². The van der Waals surface area contributed by atoms with Crippen molar-refractivity contribution in [2.24, 2.45) is 10.2 Å². The van der Waals surface area contributed by atoms with Crippen LogP contribution in [0.5, 0.6) is 11.5 Å². The molecule has 0 aliphatic heterocycles. The quantitative estimate of drug-likeness (QED) is 0.200. The zero-order chi connectivity index (χ0) is 20.2. The summed E-state index contributed by atoms with van der Waals surface area (Å²) in [4.78, 5) is 0. The number of halogens is 4. The number of alkyl halides is 4. The van der Waals surface area contributed by atoms with Crippen LogP contribution in [-0.4, -0.2) is 24.7 Å². The second-order valence-electron chi connectivity index (χ2n) is 6.04. The Bertz CT molecular complexity index is 720. The van der Waals surface area contributed by atoms with Gasteiger partial charge in [0.1, 0.15) is 11.5 Å². The lowest BCUT2D eigenvalue weighted by Crippen LogP contribution is -2.19. The third kappa shape index (κ3) is 9.21. The molecule has 28 heavy (non-hydrogen) atoms. The fraction of sp³-hybridized carbons (Fsp3) is 0.400. The van der Waals surface area contributed by atoms with Gasteiger partial charge in [0.05, 0.1) is 18.0 Å². The van der Waals surface area contributed by atoms with Crippen molar-refractivity contribution in [1.29, 1.82) is 0 Å². The minimum atomic E-state index is -4.36. The van der Waals surface area contributed by atoms with Crippen molar-refractivity contribution in [2.45, 2.75) is 31.9 Å². The number of hydrogen-bond donors (Lipinski definition) is 0. The zero-order valence-electron chi connectivity index (χ0n) is 15.3. The lowest BCUT2D eigenvalue weighted by atomic mass is 10.2. The average Bonchev–Trinajstić information content (AvgIpc) is 2.68. The van der Waals surface area contributed by atoms with Gasteiger partial charge in [0, 0.05) is 5.33 Å². The van der Waals surface area contributed by atoms with E-state index in [0.29, 0.717) is 18.0 Å². The summed E-state index contributed by atoms with van der Waals surface area (Å²) in [5.41, 5.74) is 1.17. The first-order chi connectivity index (χ1) is 13.5. The van der Waals surface area contributed by atoms with Gasteiger partial charge in [0.15, 0.2) is 6.61 Å². The predicted molar refractivity (Wildman–Crippen MR) is 106 cm³/mol. The van der Waals surface area contributed by atoms with Gasteiger partial charge in [-0.05, 0) is 61.4 Å². The molecule has 0 N–H and O–H groups in total. The topological polar surface area (TPSA) is 43.2 Å². The predicted octanol–water partition coefficient (Wildman–Crippen LogP) is 7.38. The molecule has 0 aromatic heterocycles. The Morgan fingerprint density at radius 1 is 0.714 bits per heavy atom. The minimum Gasteiger partial charge on any atom is -0.494 e. The Balaban J connectivity index is 1.77. The lowest BCUT2D eigenvalue weighted by molar-refractivity contribution is -0.153. The van der Waals surface area contributed by atoms with E-state index < -0.39 is 12.8 Å². The molecule has 0 fully saturated rings. The van der Waals surface area contributed by atoms with Gasteiger partial charge in [-0.15, -0.1) is 0 Å². The van der Waals surface area contributed by atoms with Crippen LogP contribution in [0.1, 0.15) is 25.7 Å². The molecule has 0 saturated carbocycles. The van der Waals surface area contributed by atoms with Gasteiger partial charge < -0.3 is 9.47 Å². The molecule has 0 atom stereocenters. The van der Waals surface area contributed by atoms with Crippen molar-refractivity contribution in [2.75, 3.05) is 18.5 Å². The van der Waals surface area contributed by atoms with Gasteiger partial charge in [0.25, 0.3) is 0 Å². The molecule has 0 aliphatic rings. The molecule has 2 aromatic carbocycles. The Kier molecular flexibility index (Phi) is 9.27. The van der Waals surface area contributed by atoms with Crippen LogP contribution in [0.25, 0.3) is 0 Å². The molecule has 0 amide bonds. The molecular weight excluding hydrogens is 437 g/mol. The van der Waals surface area contributed by atoms with E-state index in [9.17, 15) is 13.2 Å². The van der Waals surface area contributed by atoms with Crippen LogP contribution >= 0.6 is 15.9 Å². The maximum atomic E-state index is 12.1. The monoisotopic (exact) mass is 458 g/mol. The molecule has 2 rings (SSSR count). The highest BCUT2D eigenvalue weighted by molar-refractivity contribution is 9.09. The summed E-state index contributed by atoms with van der Waals surface area (Å²) >= 11 is 3.41. The summed E-state index contributed by atoms with van der Waals surface area (Å²) in [5.74, 6) is 0.913. The number of benzene rings is 2. The first-order valence-electron chi connectivity index (χ1n) is 8.96. The first kappa shape index (κ1) is 22.2. The average molecular weight is 459 g/mol. The molecule has 0 bridgehead atoms. The molecule has 8 heteroatoms. The number of rotatable bonds is 11. The Morgan fingerprint density at radius 2 is 1.21 bits per heavy atom. The molecule has 0 aliphatic carbocycles. The molecular formula is C20H22BrF3N2O2. The maximum Gasteiger partial charge on any atom is 0.422 e. The van der Waals surface area contributed by atoms with Gasteiger partial charge in [-0.25, -0.2) is 0 Å². The Labute approximate surface area is 170 Å². The SMILES string of the molecule is FC(F)(F)COc1ccc(N=Nc2ccc(OCCCCCCBr)cc2)cc1. The highest BCUT2D eigenvalue weighted by atomic mass is 79.9. The number of unbranched alkanes of at least 4 members (excludes halogenated alkanes) is 3. The number of nitrogens with zero attached hydrogens (tertiary/aromatic N) is 2. The number of hydrogen-bond acceptors (Lipinski definition) is 4. The summed E-state index contributed by atoms with van der Waals surface area (Å²) in [6.45, 7) is -0.634. The van der Waals surface area contributed by atoms with Crippen LogP contribution in [0, 0.1) is 0 Å². The molecule has 0 spiro atoms. The van der Waals surface area contributed by atoms with Crippen molar-refractivity contribution in [3.05, 3.63) is 48.5 Å². The standard InChI is InChI=1S/C20H22BrF3N2O2/c21-13-3-1-2-4-14-27-18-9-5-16(6-10-18)25-26-17-7-11-19(12-8-17)28-15-20(22,23)24/h5-12H,1-4,13-15H2. The van der Waals surface area contributed by atoms with Crippen molar-refractivity contribution in [3.8, 4) is 11.5 Å².